The van der Waals surface area contributed by atoms with Crippen LogP contribution in [0.3, 0.4) is 0 Å². The summed E-state index contributed by atoms with van der Waals surface area (Å²) < 4.78 is 5.69. The smallest absolute Gasteiger partial charge is 0.293 e. The summed E-state index contributed by atoms with van der Waals surface area (Å²) in [6.45, 7) is 4.71. The van der Waals surface area contributed by atoms with E-state index in [9.17, 15) is 9.59 Å². The number of carbonyl (C=O) groups is 2. The Labute approximate surface area is 181 Å². The Balaban J connectivity index is 1.36. The molecular formula is C24H26N2O3S. The van der Waals surface area contributed by atoms with Crippen LogP contribution in [0, 0.1) is 6.92 Å². The van der Waals surface area contributed by atoms with E-state index in [4.69, 9.17) is 4.74 Å². The molecule has 0 saturated carbocycles. The van der Waals surface area contributed by atoms with E-state index in [1.807, 2.05) is 43.3 Å². The minimum atomic E-state index is -0.252. The molecule has 0 bridgehead atoms. The number of hydrogen-bond donors (Lipinski definition) is 0. The van der Waals surface area contributed by atoms with Crippen LogP contribution >= 0.6 is 11.8 Å². The Hall–Kier alpha value is -2.73. The zero-order chi connectivity index (χ0) is 20.9. The molecule has 5 nitrogen and oxygen atoms in total. The average Bonchev–Trinajstić information content (AvgIpc) is 3.02. The van der Waals surface area contributed by atoms with E-state index in [0.717, 1.165) is 41.7 Å². The van der Waals surface area contributed by atoms with E-state index >= 15 is 0 Å². The van der Waals surface area contributed by atoms with Crippen LogP contribution < -0.4 is 9.64 Å². The first-order valence-electron chi connectivity index (χ1n) is 10.4. The van der Waals surface area contributed by atoms with E-state index in [1.165, 1.54) is 29.8 Å². The van der Waals surface area contributed by atoms with Crippen molar-refractivity contribution in [1.29, 1.82) is 0 Å². The molecule has 30 heavy (non-hydrogen) atoms. The molecule has 2 aromatic rings. The third-order valence-corrected chi connectivity index (χ3v) is 6.27. The topological polar surface area (TPSA) is 49.9 Å². The van der Waals surface area contributed by atoms with Gasteiger partial charge in [-0.05, 0) is 79.4 Å². The normalized spacial score (nSPS) is 18.4. The fourth-order valence-corrected chi connectivity index (χ4v) is 4.60. The molecule has 0 unspecified atom stereocenters. The van der Waals surface area contributed by atoms with Gasteiger partial charge >= 0.3 is 0 Å². The minimum Gasteiger partial charge on any atom is -0.492 e. The lowest BCUT2D eigenvalue weighted by molar-refractivity contribution is -0.123. The first kappa shape index (κ1) is 20.5. The van der Waals surface area contributed by atoms with Crippen molar-refractivity contribution in [2.24, 2.45) is 0 Å². The Morgan fingerprint density at radius 3 is 2.53 bits per heavy atom. The van der Waals surface area contributed by atoms with Gasteiger partial charge < -0.3 is 9.64 Å². The maximum Gasteiger partial charge on any atom is 0.293 e. The van der Waals surface area contributed by atoms with Crippen molar-refractivity contribution in [3.63, 3.8) is 0 Å². The van der Waals surface area contributed by atoms with Crippen LogP contribution in [0.4, 0.5) is 10.5 Å². The number of nitrogens with zero attached hydrogens (tertiary/aromatic N) is 2. The van der Waals surface area contributed by atoms with Crippen molar-refractivity contribution in [2.45, 2.75) is 26.2 Å². The summed E-state index contributed by atoms with van der Waals surface area (Å²) in [5.74, 6) is 0.490. The molecule has 0 aromatic heterocycles. The summed E-state index contributed by atoms with van der Waals surface area (Å²) in [5.41, 5.74) is 3.25. The van der Waals surface area contributed by atoms with E-state index in [0.29, 0.717) is 4.91 Å². The molecule has 0 spiro atoms. The molecule has 2 saturated heterocycles. The van der Waals surface area contributed by atoms with Crippen LogP contribution in [0.25, 0.3) is 6.08 Å². The Morgan fingerprint density at radius 1 is 1.03 bits per heavy atom. The number of anilines is 1. The minimum absolute atomic E-state index is 0.240. The second kappa shape index (κ2) is 9.39. The van der Waals surface area contributed by atoms with Crippen LogP contribution in [0.1, 0.15) is 30.4 Å². The maximum absolute atomic E-state index is 12.7. The molecule has 2 fully saturated rings. The average molecular weight is 423 g/mol. The molecule has 2 aliphatic heterocycles. The number of ether oxygens (including phenoxy) is 1. The highest BCUT2D eigenvalue weighted by molar-refractivity contribution is 8.18. The molecule has 2 aromatic carbocycles. The fraction of sp³-hybridized carbons (Fsp3) is 0.333. The van der Waals surface area contributed by atoms with Gasteiger partial charge in [0.1, 0.15) is 12.4 Å². The van der Waals surface area contributed by atoms with Gasteiger partial charge in [-0.15, -0.1) is 0 Å². The van der Waals surface area contributed by atoms with Gasteiger partial charge in [0.25, 0.3) is 11.1 Å². The van der Waals surface area contributed by atoms with Crippen LogP contribution in [0.2, 0.25) is 0 Å². The lowest BCUT2D eigenvalue weighted by atomic mass is 10.1. The second-order valence-electron chi connectivity index (χ2n) is 7.64. The zero-order valence-electron chi connectivity index (χ0n) is 17.2. The monoisotopic (exact) mass is 422 g/mol. The number of benzene rings is 2. The number of piperidine rings is 1. The van der Waals surface area contributed by atoms with E-state index < -0.39 is 0 Å². The molecule has 156 valence electrons. The maximum atomic E-state index is 12.7. The first-order valence-corrected chi connectivity index (χ1v) is 11.2. The first-order chi connectivity index (χ1) is 14.6. The number of rotatable bonds is 6. The molecule has 4 rings (SSSR count). The summed E-state index contributed by atoms with van der Waals surface area (Å²) in [5, 5.41) is -0.246. The molecular weight excluding hydrogens is 396 g/mol. The molecule has 2 aliphatic rings. The van der Waals surface area contributed by atoms with Crippen molar-refractivity contribution in [3.8, 4) is 5.75 Å². The summed E-state index contributed by atoms with van der Waals surface area (Å²) in [6, 6.07) is 15.9. The molecule has 2 amide bonds. The molecule has 2 heterocycles. The number of thioether (sulfide) groups is 1. The summed E-state index contributed by atoms with van der Waals surface area (Å²) >= 11 is 0.990. The van der Waals surface area contributed by atoms with Gasteiger partial charge in [-0.1, -0.05) is 24.3 Å². The SMILES string of the molecule is Cc1cccc(OCCN2C(=O)S/C(=C\c3ccc(N4CCCCC4)cc3)C2=O)c1. The van der Waals surface area contributed by atoms with E-state index in [-0.39, 0.29) is 24.3 Å². The lowest BCUT2D eigenvalue weighted by Crippen LogP contribution is -2.32. The van der Waals surface area contributed by atoms with Gasteiger partial charge in [-0.3, -0.25) is 14.5 Å². The molecule has 6 heteroatoms. The highest BCUT2D eigenvalue weighted by Gasteiger charge is 2.34. The van der Waals surface area contributed by atoms with Crippen LogP contribution in [0.15, 0.2) is 53.4 Å². The van der Waals surface area contributed by atoms with Crippen molar-refractivity contribution in [2.75, 3.05) is 31.1 Å². The van der Waals surface area contributed by atoms with Crippen molar-refractivity contribution in [3.05, 3.63) is 64.6 Å². The number of carbonyl (C=O) groups excluding carboxylic acids is 2. The van der Waals surface area contributed by atoms with Gasteiger partial charge in [-0.25, -0.2) is 0 Å². The van der Waals surface area contributed by atoms with Gasteiger partial charge in [0.15, 0.2) is 0 Å². The van der Waals surface area contributed by atoms with Gasteiger partial charge in [0, 0.05) is 18.8 Å². The van der Waals surface area contributed by atoms with Crippen LogP contribution in [-0.2, 0) is 4.79 Å². The highest BCUT2D eigenvalue weighted by atomic mass is 32.2. The number of aryl methyl sites for hydroxylation is 1. The Kier molecular flexibility index (Phi) is 6.43. The molecule has 0 N–H and O–H groups in total. The zero-order valence-corrected chi connectivity index (χ0v) is 18.0. The fourth-order valence-electron chi connectivity index (χ4n) is 3.74. The second-order valence-corrected chi connectivity index (χ2v) is 8.63. The summed E-state index contributed by atoms with van der Waals surface area (Å²) in [4.78, 5) is 29.1. The van der Waals surface area contributed by atoms with Gasteiger partial charge in [0.2, 0.25) is 0 Å². The summed E-state index contributed by atoms with van der Waals surface area (Å²) in [6.07, 6.45) is 5.58. The van der Waals surface area contributed by atoms with Crippen molar-refractivity contribution < 1.29 is 14.3 Å². The predicted molar refractivity (Wildman–Crippen MR) is 122 cm³/mol. The molecule has 0 radical (unpaired) electrons. The number of hydrogen-bond acceptors (Lipinski definition) is 5. The largest absolute Gasteiger partial charge is 0.492 e. The quantitative estimate of drug-likeness (QED) is 0.606. The molecule has 0 atom stereocenters. The van der Waals surface area contributed by atoms with Gasteiger partial charge in [0.05, 0.1) is 11.4 Å². The third kappa shape index (κ3) is 4.87. The number of amides is 2. The van der Waals surface area contributed by atoms with Crippen molar-refractivity contribution >= 4 is 34.7 Å². The Bertz CT molecular complexity index is 949. The number of imide groups is 1. The summed E-state index contributed by atoms with van der Waals surface area (Å²) in [7, 11) is 0. The Morgan fingerprint density at radius 2 is 1.80 bits per heavy atom. The van der Waals surface area contributed by atoms with E-state index in [2.05, 4.69) is 17.0 Å². The van der Waals surface area contributed by atoms with Crippen molar-refractivity contribution in [1.82, 2.24) is 4.90 Å². The highest BCUT2D eigenvalue weighted by Crippen LogP contribution is 2.32. The van der Waals surface area contributed by atoms with Crippen LogP contribution in [0.5, 0.6) is 5.75 Å². The van der Waals surface area contributed by atoms with Gasteiger partial charge in [-0.2, -0.15) is 0 Å². The predicted octanol–water partition coefficient (Wildman–Crippen LogP) is 5.10. The van der Waals surface area contributed by atoms with E-state index in [1.54, 1.807) is 6.08 Å². The standard InChI is InChI=1S/C24H26N2O3S/c1-18-6-5-7-21(16-18)29-15-14-26-23(27)22(30-24(26)28)17-19-8-10-20(11-9-19)25-12-3-2-4-13-25/h5-11,16-17H,2-4,12-15H2,1H3/b22-17-. The van der Waals surface area contributed by atoms with Crippen LogP contribution in [-0.4, -0.2) is 42.3 Å². The lowest BCUT2D eigenvalue weighted by Gasteiger charge is -2.28. The third-order valence-electron chi connectivity index (χ3n) is 5.36. The molecule has 0 aliphatic carbocycles.